The van der Waals surface area contributed by atoms with E-state index >= 15 is 0 Å². The van der Waals surface area contributed by atoms with Gasteiger partial charge in [-0.25, -0.2) is 0 Å². The van der Waals surface area contributed by atoms with E-state index in [0.717, 1.165) is 0 Å². The zero-order valence-corrected chi connectivity index (χ0v) is 38.5. The van der Waals surface area contributed by atoms with E-state index in [4.69, 9.17) is 0 Å². The Balaban J connectivity index is 1.21. The molecule has 2 heteroatoms. The predicted octanol–water partition coefficient (Wildman–Crippen LogP) is 12.5. The fourth-order valence-electron chi connectivity index (χ4n) is 12.8. The second kappa shape index (κ2) is 14.5. The zero-order chi connectivity index (χ0) is 44.5. The average molecular weight is 839 g/mol. The van der Waals surface area contributed by atoms with Crippen molar-refractivity contribution >= 4 is 89.3 Å². The summed E-state index contributed by atoms with van der Waals surface area (Å²) in [5, 5.41) is 10.3. The summed E-state index contributed by atoms with van der Waals surface area (Å²) in [5.41, 5.74) is 26.9. The molecule has 2 aliphatic heterocycles. The normalized spacial score (nSPS) is 12.6. The Morgan fingerprint density at radius 2 is 0.561 bits per heavy atom. The van der Waals surface area contributed by atoms with E-state index in [1.54, 1.807) is 0 Å². The molecule has 0 fully saturated rings. The predicted molar refractivity (Wildman–Crippen MR) is 289 cm³/mol. The Morgan fingerprint density at radius 1 is 0.273 bits per heavy atom. The molecule has 11 aromatic carbocycles. The van der Waals surface area contributed by atoms with Gasteiger partial charge in [-0.3, -0.25) is 0 Å². The minimum Gasteiger partial charge on any atom is -0.0629 e. The lowest BCUT2D eigenvalue weighted by Crippen LogP contribution is -2.51. The summed E-state index contributed by atoms with van der Waals surface area (Å²) in [4.78, 5) is 0. The molecule has 2 heterocycles. The van der Waals surface area contributed by atoms with Gasteiger partial charge in [0.15, 0.2) is 0 Å². The first-order chi connectivity index (χ1) is 32.2. The highest BCUT2D eigenvalue weighted by atomic mass is 14.3. The number of fused-ring (bicyclic) bond motifs is 10. The van der Waals surface area contributed by atoms with Gasteiger partial charge in [0.1, 0.15) is 0 Å². The molecule has 310 valence electrons. The van der Waals surface area contributed by atoms with Crippen molar-refractivity contribution < 1.29 is 0 Å². The molecule has 0 nitrogen and oxygen atoms in total. The Kier molecular flexibility index (Phi) is 8.60. The summed E-state index contributed by atoms with van der Waals surface area (Å²) < 4.78 is 0. The molecular weight excluding hydrogens is 790 g/mol. The highest BCUT2D eigenvalue weighted by molar-refractivity contribution is 7.00. The first kappa shape index (κ1) is 39.0. The molecule has 0 bridgehead atoms. The summed E-state index contributed by atoms with van der Waals surface area (Å²) in [6.45, 7) is 13.9. The minimum atomic E-state index is 0.103. The summed E-state index contributed by atoms with van der Waals surface area (Å²) in [6.07, 6.45) is 0. The van der Waals surface area contributed by atoms with Crippen molar-refractivity contribution in [3.63, 3.8) is 0 Å². The van der Waals surface area contributed by atoms with Crippen molar-refractivity contribution in [3.8, 4) is 44.5 Å². The molecule has 13 rings (SSSR count). The van der Waals surface area contributed by atoms with Crippen LogP contribution in [0.4, 0.5) is 0 Å². The monoisotopic (exact) mass is 838 g/mol. The molecule has 0 spiro atoms. The van der Waals surface area contributed by atoms with Crippen molar-refractivity contribution in [2.45, 2.75) is 41.5 Å². The van der Waals surface area contributed by atoms with Crippen LogP contribution in [0.25, 0.3) is 87.6 Å². The molecule has 0 saturated carbocycles. The van der Waals surface area contributed by atoms with Crippen LogP contribution in [0.15, 0.2) is 182 Å². The minimum absolute atomic E-state index is 0.103. The van der Waals surface area contributed by atoms with Gasteiger partial charge in [-0.1, -0.05) is 224 Å². The van der Waals surface area contributed by atoms with E-state index in [1.165, 1.54) is 154 Å². The molecule has 0 aromatic heterocycles. The van der Waals surface area contributed by atoms with Crippen molar-refractivity contribution in [2.24, 2.45) is 0 Å². The van der Waals surface area contributed by atoms with Gasteiger partial charge in [0, 0.05) is 0 Å². The van der Waals surface area contributed by atoms with Gasteiger partial charge in [0.25, 0.3) is 0 Å². The van der Waals surface area contributed by atoms with Crippen LogP contribution in [0.2, 0.25) is 0 Å². The molecular formula is C64H48B2. The molecule has 11 aromatic rings. The van der Waals surface area contributed by atoms with Crippen molar-refractivity contribution in [1.29, 1.82) is 0 Å². The first-order valence-electron chi connectivity index (χ1n) is 23.6. The van der Waals surface area contributed by atoms with Crippen molar-refractivity contribution in [1.82, 2.24) is 0 Å². The topological polar surface area (TPSA) is 0 Å². The standard InChI is InChI=1S/C64H48B2/c1-37-25-39(3)63(40(4)26-37)65-57-31-47-23-15-13-21-45(47)29-49(57)51-33-53-55(35-59(51)65)61(43-17-9-7-10-18-43)54-34-52-50-30-46-22-14-16-24-48(46)32-58(50)66(64-41(5)27-38(2)28-42(64)6)60(52)36-56(54)62(53)44-19-11-8-12-20-44/h7-36H,1-6H3. The lowest BCUT2D eigenvalue weighted by atomic mass is 9.37. The summed E-state index contributed by atoms with van der Waals surface area (Å²) in [5.74, 6) is 0. The van der Waals surface area contributed by atoms with Crippen molar-refractivity contribution in [2.75, 3.05) is 0 Å². The molecule has 0 amide bonds. The van der Waals surface area contributed by atoms with E-state index < -0.39 is 0 Å². The number of aryl methyl sites for hydroxylation is 6. The van der Waals surface area contributed by atoms with Crippen LogP contribution in [-0.4, -0.2) is 13.4 Å². The second-order valence-electron chi connectivity index (χ2n) is 19.5. The molecule has 2 aliphatic rings. The van der Waals surface area contributed by atoms with Crippen LogP contribution >= 0.6 is 0 Å². The van der Waals surface area contributed by atoms with Crippen LogP contribution in [0.1, 0.15) is 33.4 Å². The average Bonchev–Trinajstić information content (AvgIpc) is 3.77. The molecule has 0 unspecified atom stereocenters. The summed E-state index contributed by atoms with van der Waals surface area (Å²) in [6, 6.07) is 70.1. The van der Waals surface area contributed by atoms with Crippen LogP contribution in [0, 0.1) is 41.5 Å². The van der Waals surface area contributed by atoms with Crippen LogP contribution in [0.3, 0.4) is 0 Å². The largest absolute Gasteiger partial charge is 0.243 e. The molecule has 66 heavy (non-hydrogen) atoms. The van der Waals surface area contributed by atoms with E-state index in [-0.39, 0.29) is 13.4 Å². The smallest absolute Gasteiger partial charge is 0.0629 e. The molecule has 0 N–H and O–H groups in total. The maximum atomic E-state index is 2.61. The summed E-state index contributed by atoms with van der Waals surface area (Å²) >= 11 is 0. The fourth-order valence-corrected chi connectivity index (χ4v) is 12.8. The SMILES string of the molecule is Cc1cc(C)c(B2c3cc4ccccc4cc3-c3cc4c(-c5ccccc5)c5cc6c(cc5c(-c5ccccc5)c4cc32)-c2cc3ccccc3cc2B6c2c(C)cc(C)cc2C)c(C)c1. The Bertz CT molecular complexity index is 3580. The van der Waals surface area contributed by atoms with Gasteiger partial charge in [0.05, 0.1) is 0 Å². The number of benzene rings is 11. The van der Waals surface area contributed by atoms with Crippen molar-refractivity contribution in [3.05, 3.63) is 215 Å². The van der Waals surface area contributed by atoms with Gasteiger partial charge in [0.2, 0.25) is 13.4 Å². The maximum absolute atomic E-state index is 2.61. The van der Waals surface area contributed by atoms with Gasteiger partial charge >= 0.3 is 0 Å². The molecule has 0 saturated heterocycles. The van der Waals surface area contributed by atoms with Crippen LogP contribution in [0.5, 0.6) is 0 Å². The van der Waals surface area contributed by atoms with E-state index in [9.17, 15) is 0 Å². The van der Waals surface area contributed by atoms with E-state index in [1.807, 2.05) is 0 Å². The lowest BCUT2D eigenvalue weighted by Gasteiger charge is -2.23. The first-order valence-corrected chi connectivity index (χ1v) is 23.6. The lowest BCUT2D eigenvalue weighted by molar-refractivity contribution is 1.35. The van der Waals surface area contributed by atoms with Crippen LogP contribution < -0.4 is 32.8 Å². The number of hydrogen-bond donors (Lipinski definition) is 0. The number of hydrogen-bond acceptors (Lipinski definition) is 0. The maximum Gasteiger partial charge on any atom is 0.243 e. The highest BCUT2D eigenvalue weighted by Gasteiger charge is 2.39. The highest BCUT2D eigenvalue weighted by Crippen LogP contribution is 2.47. The molecule has 0 radical (unpaired) electrons. The van der Waals surface area contributed by atoms with E-state index in [0.29, 0.717) is 0 Å². The third kappa shape index (κ3) is 5.74. The van der Waals surface area contributed by atoms with Gasteiger partial charge in [-0.2, -0.15) is 0 Å². The number of rotatable bonds is 4. The quantitative estimate of drug-likeness (QED) is 0.122. The van der Waals surface area contributed by atoms with E-state index in [2.05, 4.69) is 224 Å². The Morgan fingerprint density at radius 3 is 0.924 bits per heavy atom. The fraction of sp³-hybridized carbons (Fsp3) is 0.0938. The summed E-state index contributed by atoms with van der Waals surface area (Å²) in [7, 11) is 0. The third-order valence-corrected chi connectivity index (χ3v) is 15.3. The molecule has 0 atom stereocenters. The zero-order valence-electron chi connectivity index (χ0n) is 38.5. The van der Waals surface area contributed by atoms with Gasteiger partial charge < -0.3 is 0 Å². The second-order valence-corrected chi connectivity index (χ2v) is 19.5. The molecule has 0 aliphatic carbocycles. The van der Waals surface area contributed by atoms with Gasteiger partial charge in [-0.05, 0) is 153 Å². The Labute approximate surface area is 388 Å². The Hall–Kier alpha value is -7.41. The van der Waals surface area contributed by atoms with Crippen LogP contribution in [-0.2, 0) is 0 Å². The third-order valence-electron chi connectivity index (χ3n) is 15.3. The van der Waals surface area contributed by atoms with Gasteiger partial charge in [-0.15, -0.1) is 0 Å².